The Balaban J connectivity index is 2.46. The number of terminal acetylenes is 1. The SMILES string of the molecule is C#CCCCCc1ccc(C(=O)OC)cc1. The van der Waals surface area contributed by atoms with Gasteiger partial charge in [-0.3, -0.25) is 0 Å². The van der Waals surface area contributed by atoms with E-state index in [9.17, 15) is 4.79 Å². The van der Waals surface area contributed by atoms with E-state index < -0.39 is 0 Å². The molecule has 0 aliphatic rings. The second kappa shape index (κ2) is 6.68. The van der Waals surface area contributed by atoms with E-state index in [0.29, 0.717) is 5.56 Å². The van der Waals surface area contributed by atoms with E-state index in [2.05, 4.69) is 10.7 Å². The van der Waals surface area contributed by atoms with Gasteiger partial charge in [-0.2, -0.15) is 0 Å². The molecule has 0 radical (unpaired) electrons. The van der Waals surface area contributed by atoms with Gasteiger partial charge in [0.15, 0.2) is 0 Å². The zero-order valence-corrected chi connectivity index (χ0v) is 9.53. The zero-order valence-electron chi connectivity index (χ0n) is 9.53. The quantitative estimate of drug-likeness (QED) is 0.430. The van der Waals surface area contributed by atoms with Gasteiger partial charge >= 0.3 is 5.97 Å². The lowest BCUT2D eigenvalue weighted by Gasteiger charge is -2.02. The molecule has 0 spiro atoms. The highest BCUT2D eigenvalue weighted by molar-refractivity contribution is 5.89. The highest BCUT2D eigenvalue weighted by atomic mass is 16.5. The largest absolute Gasteiger partial charge is 0.465 e. The number of carbonyl (C=O) groups is 1. The minimum Gasteiger partial charge on any atom is -0.465 e. The first-order valence-electron chi connectivity index (χ1n) is 5.38. The fraction of sp³-hybridized carbons (Fsp3) is 0.357. The van der Waals surface area contributed by atoms with E-state index in [-0.39, 0.29) is 5.97 Å². The number of esters is 1. The van der Waals surface area contributed by atoms with Gasteiger partial charge in [-0.25, -0.2) is 4.79 Å². The van der Waals surface area contributed by atoms with Gasteiger partial charge in [-0.1, -0.05) is 12.1 Å². The Hall–Kier alpha value is -1.75. The number of carbonyl (C=O) groups excluding carboxylic acids is 1. The molecule has 0 fully saturated rings. The van der Waals surface area contributed by atoms with Crippen molar-refractivity contribution in [3.63, 3.8) is 0 Å². The molecule has 0 aliphatic carbocycles. The first kappa shape index (κ1) is 12.3. The Morgan fingerprint density at radius 3 is 2.56 bits per heavy atom. The Morgan fingerprint density at radius 2 is 2.00 bits per heavy atom. The van der Waals surface area contributed by atoms with Crippen LogP contribution >= 0.6 is 0 Å². The van der Waals surface area contributed by atoms with Gasteiger partial charge in [0.05, 0.1) is 12.7 Å². The van der Waals surface area contributed by atoms with E-state index >= 15 is 0 Å². The van der Waals surface area contributed by atoms with Gasteiger partial charge in [0.25, 0.3) is 0 Å². The highest BCUT2D eigenvalue weighted by Crippen LogP contribution is 2.09. The molecule has 0 unspecified atom stereocenters. The van der Waals surface area contributed by atoms with Crippen molar-refractivity contribution in [1.82, 2.24) is 0 Å². The minimum atomic E-state index is -0.293. The first-order valence-corrected chi connectivity index (χ1v) is 5.38. The van der Waals surface area contributed by atoms with Crippen LogP contribution in [0.5, 0.6) is 0 Å². The maximum absolute atomic E-state index is 11.2. The van der Waals surface area contributed by atoms with Crippen LogP contribution in [0, 0.1) is 12.3 Å². The molecule has 1 aromatic rings. The number of unbranched alkanes of at least 4 members (excludes halogenated alkanes) is 2. The van der Waals surface area contributed by atoms with E-state index in [4.69, 9.17) is 6.42 Å². The summed E-state index contributed by atoms with van der Waals surface area (Å²) in [6.07, 6.45) is 9.15. The molecule has 0 aromatic heterocycles. The number of ether oxygens (including phenoxy) is 1. The Bertz CT molecular complexity index is 371. The minimum absolute atomic E-state index is 0.293. The molecule has 0 amide bonds. The second-order valence-corrected chi connectivity index (χ2v) is 3.60. The molecule has 16 heavy (non-hydrogen) atoms. The summed E-state index contributed by atoms with van der Waals surface area (Å²) in [5.74, 6) is 2.33. The number of hydrogen-bond donors (Lipinski definition) is 0. The van der Waals surface area contributed by atoms with E-state index in [1.165, 1.54) is 12.7 Å². The first-order chi connectivity index (χ1) is 7.77. The monoisotopic (exact) mass is 216 g/mol. The van der Waals surface area contributed by atoms with Gasteiger partial charge in [0, 0.05) is 6.42 Å². The molecule has 0 aliphatic heterocycles. The molecular formula is C14H16O2. The van der Waals surface area contributed by atoms with Gasteiger partial charge < -0.3 is 4.74 Å². The molecule has 0 atom stereocenters. The third kappa shape index (κ3) is 3.78. The highest BCUT2D eigenvalue weighted by Gasteiger charge is 2.03. The van der Waals surface area contributed by atoms with Crippen molar-refractivity contribution in [2.45, 2.75) is 25.7 Å². The molecular weight excluding hydrogens is 200 g/mol. The summed E-state index contributed by atoms with van der Waals surface area (Å²) in [5.41, 5.74) is 1.82. The molecule has 0 saturated heterocycles. The smallest absolute Gasteiger partial charge is 0.337 e. The van der Waals surface area contributed by atoms with Gasteiger partial charge in [-0.15, -0.1) is 12.3 Å². The molecule has 0 heterocycles. The zero-order chi connectivity index (χ0) is 11.8. The number of hydrogen-bond acceptors (Lipinski definition) is 2. The van der Waals surface area contributed by atoms with Crippen molar-refractivity contribution in [2.75, 3.05) is 7.11 Å². The van der Waals surface area contributed by atoms with Crippen molar-refractivity contribution in [3.05, 3.63) is 35.4 Å². The van der Waals surface area contributed by atoms with Crippen LogP contribution in [0.15, 0.2) is 24.3 Å². The van der Waals surface area contributed by atoms with Crippen molar-refractivity contribution in [2.24, 2.45) is 0 Å². The predicted octanol–water partition coefficient (Wildman–Crippen LogP) is 2.82. The Labute approximate surface area is 96.6 Å². The lowest BCUT2D eigenvalue weighted by Crippen LogP contribution is -2.00. The van der Waals surface area contributed by atoms with E-state index in [1.807, 2.05) is 12.1 Å². The van der Waals surface area contributed by atoms with Gasteiger partial charge in [0.1, 0.15) is 0 Å². The fourth-order valence-corrected chi connectivity index (χ4v) is 1.48. The van der Waals surface area contributed by atoms with Crippen LogP contribution in [-0.4, -0.2) is 13.1 Å². The summed E-state index contributed by atoms with van der Waals surface area (Å²) >= 11 is 0. The summed E-state index contributed by atoms with van der Waals surface area (Å²) < 4.78 is 4.63. The number of methoxy groups -OCH3 is 1. The fourth-order valence-electron chi connectivity index (χ4n) is 1.48. The van der Waals surface area contributed by atoms with Crippen LogP contribution in [0.1, 0.15) is 35.2 Å². The average molecular weight is 216 g/mol. The third-order valence-electron chi connectivity index (χ3n) is 2.41. The van der Waals surface area contributed by atoms with Crippen LogP contribution in [0.4, 0.5) is 0 Å². The topological polar surface area (TPSA) is 26.3 Å². The Morgan fingerprint density at radius 1 is 1.31 bits per heavy atom. The van der Waals surface area contributed by atoms with Crippen molar-refractivity contribution >= 4 is 5.97 Å². The van der Waals surface area contributed by atoms with E-state index in [0.717, 1.165) is 25.7 Å². The second-order valence-electron chi connectivity index (χ2n) is 3.60. The number of rotatable bonds is 5. The maximum Gasteiger partial charge on any atom is 0.337 e. The van der Waals surface area contributed by atoms with Crippen molar-refractivity contribution < 1.29 is 9.53 Å². The van der Waals surface area contributed by atoms with Crippen LogP contribution in [-0.2, 0) is 11.2 Å². The van der Waals surface area contributed by atoms with Crippen molar-refractivity contribution in [3.8, 4) is 12.3 Å². The molecule has 0 N–H and O–H groups in total. The summed E-state index contributed by atoms with van der Waals surface area (Å²) in [5, 5.41) is 0. The standard InChI is InChI=1S/C14H16O2/c1-3-4-5-6-7-12-8-10-13(11-9-12)14(15)16-2/h1,8-11H,4-7H2,2H3. The lowest BCUT2D eigenvalue weighted by molar-refractivity contribution is 0.0600. The normalized spacial score (nSPS) is 9.50. The van der Waals surface area contributed by atoms with Crippen molar-refractivity contribution in [1.29, 1.82) is 0 Å². The summed E-state index contributed by atoms with van der Waals surface area (Å²) in [6.45, 7) is 0. The molecule has 0 bridgehead atoms. The molecule has 84 valence electrons. The molecule has 1 rings (SSSR count). The summed E-state index contributed by atoms with van der Waals surface area (Å²) in [4.78, 5) is 11.2. The molecule has 0 saturated carbocycles. The molecule has 2 nitrogen and oxygen atoms in total. The summed E-state index contributed by atoms with van der Waals surface area (Å²) in [6, 6.07) is 7.51. The van der Waals surface area contributed by atoms with Crippen LogP contribution in [0.3, 0.4) is 0 Å². The van der Waals surface area contributed by atoms with Crippen LogP contribution in [0.2, 0.25) is 0 Å². The van der Waals surface area contributed by atoms with Crippen LogP contribution in [0.25, 0.3) is 0 Å². The number of benzene rings is 1. The Kier molecular flexibility index (Phi) is 5.15. The van der Waals surface area contributed by atoms with Gasteiger partial charge in [0.2, 0.25) is 0 Å². The molecule has 2 heteroatoms. The van der Waals surface area contributed by atoms with Crippen LogP contribution < -0.4 is 0 Å². The third-order valence-corrected chi connectivity index (χ3v) is 2.41. The lowest BCUT2D eigenvalue weighted by atomic mass is 10.1. The average Bonchev–Trinajstić information content (AvgIpc) is 2.34. The predicted molar refractivity (Wildman–Crippen MR) is 64.2 cm³/mol. The number of aryl methyl sites for hydroxylation is 1. The van der Waals surface area contributed by atoms with E-state index in [1.54, 1.807) is 12.1 Å². The molecule has 1 aromatic carbocycles. The summed E-state index contributed by atoms with van der Waals surface area (Å²) in [7, 11) is 1.38. The maximum atomic E-state index is 11.2. The van der Waals surface area contributed by atoms with Gasteiger partial charge in [-0.05, 0) is 37.0 Å².